The van der Waals surface area contributed by atoms with Gasteiger partial charge in [0.1, 0.15) is 0 Å². The molecule has 2 N–H and O–H groups in total. The van der Waals surface area contributed by atoms with E-state index in [1.54, 1.807) is 0 Å². The first-order valence-electron chi connectivity index (χ1n) is 7.29. The van der Waals surface area contributed by atoms with Crippen LogP contribution < -0.4 is 10.6 Å². The first-order valence-corrected chi connectivity index (χ1v) is 7.29. The van der Waals surface area contributed by atoms with Crippen LogP contribution in [-0.4, -0.2) is 31.8 Å². The van der Waals surface area contributed by atoms with Gasteiger partial charge < -0.3 is 15.4 Å². The molecule has 3 nitrogen and oxygen atoms in total. The van der Waals surface area contributed by atoms with Crippen molar-refractivity contribution in [2.24, 2.45) is 0 Å². The van der Waals surface area contributed by atoms with Crippen LogP contribution in [0.3, 0.4) is 0 Å². The molecule has 0 aliphatic carbocycles. The predicted molar refractivity (Wildman–Crippen MR) is 79.4 cm³/mol. The van der Waals surface area contributed by atoms with Crippen molar-refractivity contribution in [1.29, 1.82) is 0 Å². The second-order valence-electron chi connectivity index (χ2n) is 5.61. The molecule has 0 radical (unpaired) electrons. The maximum absolute atomic E-state index is 5.50. The fourth-order valence-electron chi connectivity index (χ4n) is 2.86. The highest BCUT2D eigenvalue weighted by molar-refractivity contribution is 5.28. The van der Waals surface area contributed by atoms with E-state index < -0.39 is 0 Å². The molecule has 3 atom stereocenters. The van der Waals surface area contributed by atoms with Crippen LogP contribution in [0.4, 0.5) is 0 Å². The Morgan fingerprint density at radius 2 is 2.16 bits per heavy atom. The maximum atomic E-state index is 5.50. The molecule has 1 aromatic carbocycles. The van der Waals surface area contributed by atoms with Crippen molar-refractivity contribution in [2.45, 2.75) is 45.3 Å². The standard InChI is InChI=1S/C16H26N2O/c1-12-6-4-5-7-16(12)14(3)18-13(2)10-15-11-19-9-8-17-15/h4-7,13-15,17-18H,8-11H2,1-3H3/t13?,14-,15?/m0/s1. The van der Waals surface area contributed by atoms with Crippen LogP contribution in [0.15, 0.2) is 24.3 Å². The third-order valence-corrected chi connectivity index (χ3v) is 3.83. The Bertz CT molecular complexity index is 388. The highest BCUT2D eigenvalue weighted by Crippen LogP contribution is 2.18. The molecule has 1 saturated heterocycles. The molecule has 0 bridgehead atoms. The SMILES string of the molecule is Cc1ccccc1[C@H](C)NC(C)CC1COCCN1. The van der Waals surface area contributed by atoms with Crippen LogP contribution in [0, 0.1) is 6.92 Å². The second-order valence-corrected chi connectivity index (χ2v) is 5.61. The fourth-order valence-corrected chi connectivity index (χ4v) is 2.86. The Morgan fingerprint density at radius 1 is 1.37 bits per heavy atom. The van der Waals surface area contributed by atoms with Crippen molar-refractivity contribution < 1.29 is 4.74 Å². The molecule has 1 aliphatic heterocycles. The Balaban J connectivity index is 1.84. The normalized spacial score (nSPS) is 23.0. The van der Waals surface area contributed by atoms with Crippen molar-refractivity contribution in [1.82, 2.24) is 10.6 Å². The van der Waals surface area contributed by atoms with E-state index in [0.717, 1.165) is 26.2 Å². The van der Waals surface area contributed by atoms with E-state index >= 15 is 0 Å². The Kier molecular flexibility index (Phi) is 5.37. The molecule has 0 saturated carbocycles. The summed E-state index contributed by atoms with van der Waals surface area (Å²) in [7, 11) is 0. The number of aryl methyl sites for hydroxylation is 1. The lowest BCUT2D eigenvalue weighted by Crippen LogP contribution is -2.45. The molecule has 3 heteroatoms. The molecular weight excluding hydrogens is 236 g/mol. The molecule has 106 valence electrons. The number of hydrogen-bond donors (Lipinski definition) is 2. The van der Waals surface area contributed by atoms with Gasteiger partial charge in [-0.3, -0.25) is 0 Å². The summed E-state index contributed by atoms with van der Waals surface area (Å²) in [5.74, 6) is 0. The lowest BCUT2D eigenvalue weighted by Gasteiger charge is -2.28. The minimum absolute atomic E-state index is 0.390. The van der Waals surface area contributed by atoms with Crippen molar-refractivity contribution in [3.8, 4) is 0 Å². The topological polar surface area (TPSA) is 33.3 Å². The molecule has 1 heterocycles. The van der Waals surface area contributed by atoms with Gasteiger partial charge in [-0.05, 0) is 38.3 Å². The van der Waals surface area contributed by atoms with Gasteiger partial charge in [0, 0.05) is 24.7 Å². The average Bonchev–Trinajstić information content (AvgIpc) is 2.40. The summed E-state index contributed by atoms with van der Waals surface area (Å²) in [6.45, 7) is 9.33. The van der Waals surface area contributed by atoms with Gasteiger partial charge in [0.2, 0.25) is 0 Å². The van der Waals surface area contributed by atoms with E-state index in [2.05, 4.69) is 55.7 Å². The van der Waals surface area contributed by atoms with Crippen molar-refractivity contribution in [3.63, 3.8) is 0 Å². The first-order chi connectivity index (χ1) is 9.16. The molecular formula is C16H26N2O. The fraction of sp³-hybridized carbons (Fsp3) is 0.625. The van der Waals surface area contributed by atoms with Gasteiger partial charge in [-0.2, -0.15) is 0 Å². The summed E-state index contributed by atoms with van der Waals surface area (Å²) in [4.78, 5) is 0. The van der Waals surface area contributed by atoms with E-state index in [-0.39, 0.29) is 0 Å². The van der Waals surface area contributed by atoms with Gasteiger partial charge in [0.25, 0.3) is 0 Å². The lowest BCUT2D eigenvalue weighted by atomic mass is 10.0. The summed E-state index contributed by atoms with van der Waals surface area (Å²) in [6, 6.07) is 9.95. The summed E-state index contributed by atoms with van der Waals surface area (Å²) >= 11 is 0. The third-order valence-electron chi connectivity index (χ3n) is 3.83. The molecule has 2 unspecified atom stereocenters. The molecule has 19 heavy (non-hydrogen) atoms. The van der Waals surface area contributed by atoms with Gasteiger partial charge in [0.05, 0.1) is 13.2 Å². The summed E-state index contributed by atoms with van der Waals surface area (Å²) in [5.41, 5.74) is 2.75. The van der Waals surface area contributed by atoms with Crippen molar-refractivity contribution in [2.75, 3.05) is 19.8 Å². The minimum atomic E-state index is 0.390. The molecule has 0 aromatic heterocycles. The maximum Gasteiger partial charge on any atom is 0.0620 e. The van der Waals surface area contributed by atoms with Gasteiger partial charge in [-0.25, -0.2) is 0 Å². The number of hydrogen-bond acceptors (Lipinski definition) is 3. The number of nitrogens with one attached hydrogen (secondary N) is 2. The first kappa shape index (κ1) is 14.5. The van der Waals surface area contributed by atoms with Crippen LogP contribution in [0.1, 0.15) is 37.4 Å². The van der Waals surface area contributed by atoms with Crippen LogP contribution in [0.2, 0.25) is 0 Å². The Morgan fingerprint density at radius 3 is 2.84 bits per heavy atom. The number of morpholine rings is 1. The largest absolute Gasteiger partial charge is 0.379 e. The number of ether oxygens (including phenoxy) is 1. The zero-order valence-corrected chi connectivity index (χ0v) is 12.3. The molecule has 1 aromatic rings. The predicted octanol–water partition coefficient (Wildman–Crippen LogP) is 2.41. The van der Waals surface area contributed by atoms with E-state index in [0.29, 0.717) is 18.1 Å². The van der Waals surface area contributed by atoms with Crippen LogP contribution in [0.5, 0.6) is 0 Å². The van der Waals surface area contributed by atoms with Crippen LogP contribution in [-0.2, 0) is 4.74 Å². The third kappa shape index (κ3) is 4.30. The van der Waals surface area contributed by atoms with Crippen molar-refractivity contribution in [3.05, 3.63) is 35.4 Å². The van der Waals surface area contributed by atoms with E-state index in [1.807, 2.05) is 0 Å². The van der Waals surface area contributed by atoms with Crippen LogP contribution in [0.25, 0.3) is 0 Å². The number of rotatable bonds is 5. The number of benzene rings is 1. The second kappa shape index (κ2) is 7.04. The highest BCUT2D eigenvalue weighted by atomic mass is 16.5. The molecule has 2 rings (SSSR count). The molecule has 0 amide bonds. The zero-order valence-electron chi connectivity index (χ0n) is 12.3. The summed E-state index contributed by atoms with van der Waals surface area (Å²) in [5, 5.41) is 7.20. The van der Waals surface area contributed by atoms with Gasteiger partial charge in [0.15, 0.2) is 0 Å². The van der Waals surface area contributed by atoms with E-state index in [9.17, 15) is 0 Å². The average molecular weight is 262 g/mol. The van der Waals surface area contributed by atoms with Crippen LogP contribution >= 0.6 is 0 Å². The smallest absolute Gasteiger partial charge is 0.0620 e. The minimum Gasteiger partial charge on any atom is -0.379 e. The molecule has 1 aliphatic rings. The van der Waals surface area contributed by atoms with E-state index in [4.69, 9.17) is 4.74 Å². The lowest BCUT2D eigenvalue weighted by molar-refractivity contribution is 0.0708. The van der Waals surface area contributed by atoms with Gasteiger partial charge >= 0.3 is 0 Å². The van der Waals surface area contributed by atoms with E-state index in [1.165, 1.54) is 11.1 Å². The summed E-state index contributed by atoms with van der Waals surface area (Å²) < 4.78 is 5.50. The molecule has 1 fully saturated rings. The van der Waals surface area contributed by atoms with Gasteiger partial charge in [-0.1, -0.05) is 24.3 Å². The Labute approximate surface area is 116 Å². The monoisotopic (exact) mass is 262 g/mol. The van der Waals surface area contributed by atoms with Gasteiger partial charge in [-0.15, -0.1) is 0 Å². The van der Waals surface area contributed by atoms with Crippen molar-refractivity contribution >= 4 is 0 Å². The highest BCUT2D eigenvalue weighted by Gasteiger charge is 2.18. The Hall–Kier alpha value is -0.900. The molecule has 0 spiro atoms. The summed E-state index contributed by atoms with van der Waals surface area (Å²) in [6.07, 6.45) is 1.11. The quantitative estimate of drug-likeness (QED) is 0.855. The zero-order chi connectivity index (χ0) is 13.7.